The summed E-state index contributed by atoms with van der Waals surface area (Å²) < 4.78 is 5.10. The van der Waals surface area contributed by atoms with E-state index in [0.29, 0.717) is 23.8 Å². The Kier molecular flexibility index (Phi) is 4.20. The van der Waals surface area contributed by atoms with E-state index >= 15 is 0 Å². The van der Waals surface area contributed by atoms with Gasteiger partial charge in [-0.2, -0.15) is 0 Å². The van der Waals surface area contributed by atoms with Gasteiger partial charge in [-0.3, -0.25) is 0 Å². The third kappa shape index (κ3) is 2.53. The summed E-state index contributed by atoms with van der Waals surface area (Å²) in [5.41, 5.74) is 1.68. The van der Waals surface area contributed by atoms with Crippen LogP contribution in [-0.4, -0.2) is 18.8 Å². The van der Waals surface area contributed by atoms with Crippen LogP contribution in [0.25, 0.3) is 0 Å². The Morgan fingerprint density at radius 3 is 2.73 bits per heavy atom. The third-order valence-corrected chi connectivity index (χ3v) is 2.65. The van der Waals surface area contributed by atoms with Crippen LogP contribution in [0.1, 0.15) is 11.1 Å². The number of phenolic OH excluding ortho intramolecular Hbond substituents is 1. The highest BCUT2D eigenvalue weighted by atomic mass is 35.5. The van der Waals surface area contributed by atoms with Crippen molar-refractivity contribution in [2.45, 2.75) is 13.3 Å². The number of phenols is 1. The number of methoxy groups -OCH3 is 1. The SMILES string of the molecule is COc1c(O)cc(Cl)c(C)c1CCON. The highest BCUT2D eigenvalue weighted by molar-refractivity contribution is 6.31. The monoisotopic (exact) mass is 231 g/mol. The molecule has 0 aliphatic heterocycles. The number of hydrogen-bond acceptors (Lipinski definition) is 4. The van der Waals surface area contributed by atoms with Crippen molar-refractivity contribution in [2.75, 3.05) is 13.7 Å². The molecule has 4 nitrogen and oxygen atoms in total. The minimum Gasteiger partial charge on any atom is -0.504 e. The molecule has 0 aromatic heterocycles. The molecule has 1 aromatic rings. The van der Waals surface area contributed by atoms with Gasteiger partial charge in [0.15, 0.2) is 11.5 Å². The van der Waals surface area contributed by atoms with Crippen molar-refractivity contribution >= 4 is 11.6 Å². The van der Waals surface area contributed by atoms with Crippen molar-refractivity contribution in [1.29, 1.82) is 0 Å². The maximum atomic E-state index is 9.61. The summed E-state index contributed by atoms with van der Waals surface area (Å²) in [6.07, 6.45) is 0.541. The van der Waals surface area contributed by atoms with Crippen molar-refractivity contribution in [3.63, 3.8) is 0 Å². The fourth-order valence-electron chi connectivity index (χ4n) is 1.45. The first kappa shape index (κ1) is 12.1. The lowest BCUT2D eigenvalue weighted by atomic mass is 10.0. The Balaban J connectivity index is 3.18. The first-order valence-electron chi connectivity index (χ1n) is 4.48. The van der Waals surface area contributed by atoms with Gasteiger partial charge in [0.25, 0.3) is 0 Å². The fraction of sp³-hybridized carbons (Fsp3) is 0.400. The number of aromatic hydroxyl groups is 1. The Bertz CT molecular complexity index is 355. The van der Waals surface area contributed by atoms with Crippen molar-refractivity contribution in [1.82, 2.24) is 0 Å². The average molecular weight is 232 g/mol. The summed E-state index contributed by atoms with van der Waals surface area (Å²) >= 11 is 5.94. The van der Waals surface area contributed by atoms with Crippen molar-refractivity contribution in [3.8, 4) is 11.5 Å². The molecule has 1 rings (SSSR count). The Morgan fingerprint density at radius 2 is 2.20 bits per heavy atom. The molecule has 3 N–H and O–H groups in total. The van der Waals surface area contributed by atoms with Gasteiger partial charge in [0.1, 0.15) is 0 Å². The van der Waals surface area contributed by atoms with E-state index in [9.17, 15) is 5.11 Å². The van der Waals surface area contributed by atoms with Crippen LogP contribution < -0.4 is 10.6 Å². The fourth-order valence-corrected chi connectivity index (χ4v) is 1.67. The van der Waals surface area contributed by atoms with Gasteiger partial charge in [0.2, 0.25) is 0 Å². The smallest absolute Gasteiger partial charge is 0.164 e. The lowest BCUT2D eigenvalue weighted by Gasteiger charge is -2.14. The van der Waals surface area contributed by atoms with Crippen LogP contribution in [0, 0.1) is 6.92 Å². The standard InChI is InChI=1S/C10H14ClNO3/c1-6-7(3-4-15-12)10(14-2)9(13)5-8(6)11/h5,13H,3-4,12H2,1-2H3. The van der Waals surface area contributed by atoms with E-state index < -0.39 is 0 Å². The molecular formula is C10H14ClNO3. The summed E-state index contributed by atoms with van der Waals surface area (Å²) in [6, 6.07) is 1.46. The minimum atomic E-state index is 0.0279. The molecule has 5 heteroatoms. The number of nitrogens with two attached hydrogens (primary N) is 1. The van der Waals surface area contributed by atoms with Crippen molar-refractivity contribution in [3.05, 3.63) is 22.2 Å². The second kappa shape index (κ2) is 5.21. The normalized spacial score (nSPS) is 10.4. The molecule has 1 aromatic carbocycles. The van der Waals surface area contributed by atoms with Gasteiger partial charge in [-0.1, -0.05) is 11.6 Å². The van der Waals surface area contributed by atoms with E-state index in [4.69, 9.17) is 22.2 Å². The predicted molar refractivity (Wildman–Crippen MR) is 58.2 cm³/mol. The van der Waals surface area contributed by atoms with Crippen LogP contribution in [0.15, 0.2) is 6.07 Å². The molecule has 15 heavy (non-hydrogen) atoms. The molecule has 0 bridgehead atoms. The molecule has 84 valence electrons. The molecule has 0 spiro atoms. The van der Waals surface area contributed by atoms with Gasteiger partial charge in [0.05, 0.1) is 13.7 Å². The first-order valence-corrected chi connectivity index (χ1v) is 4.86. The minimum absolute atomic E-state index is 0.0279. The van der Waals surface area contributed by atoms with Crippen LogP contribution in [0.5, 0.6) is 11.5 Å². The summed E-state index contributed by atoms with van der Waals surface area (Å²) in [7, 11) is 1.50. The molecule has 0 amide bonds. The Labute approximate surface area is 93.5 Å². The van der Waals surface area contributed by atoms with Crippen LogP contribution in [0.2, 0.25) is 5.02 Å². The van der Waals surface area contributed by atoms with Crippen molar-refractivity contribution < 1.29 is 14.7 Å². The number of benzene rings is 1. The van der Waals surface area contributed by atoms with Gasteiger partial charge < -0.3 is 14.7 Å². The van der Waals surface area contributed by atoms with E-state index in [1.54, 1.807) is 0 Å². The van der Waals surface area contributed by atoms with Gasteiger partial charge in [-0.25, -0.2) is 5.90 Å². The zero-order chi connectivity index (χ0) is 11.4. The zero-order valence-corrected chi connectivity index (χ0v) is 9.47. The number of halogens is 1. The second-order valence-electron chi connectivity index (χ2n) is 3.14. The summed E-state index contributed by atoms with van der Waals surface area (Å²) in [4.78, 5) is 4.50. The van der Waals surface area contributed by atoms with Gasteiger partial charge in [0, 0.05) is 23.1 Å². The van der Waals surface area contributed by atoms with E-state index in [1.165, 1.54) is 13.2 Å². The van der Waals surface area contributed by atoms with E-state index in [0.717, 1.165) is 11.1 Å². The molecular weight excluding hydrogens is 218 g/mol. The molecule has 0 atom stereocenters. The quantitative estimate of drug-likeness (QED) is 0.776. The molecule has 0 aliphatic carbocycles. The summed E-state index contributed by atoms with van der Waals surface area (Å²) in [6.45, 7) is 2.20. The van der Waals surface area contributed by atoms with Crippen LogP contribution in [-0.2, 0) is 11.3 Å². The summed E-state index contributed by atoms with van der Waals surface area (Å²) in [5, 5.41) is 10.1. The molecule has 0 radical (unpaired) electrons. The molecule has 0 unspecified atom stereocenters. The topological polar surface area (TPSA) is 64.7 Å². The van der Waals surface area contributed by atoms with Crippen LogP contribution >= 0.6 is 11.6 Å². The number of ether oxygens (including phenoxy) is 1. The Morgan fingerprint density at radius 1 is 1.53 bits per heavy atom. The van der Waals surface area contributed by atoms with Gasteiger partial charge >= 0.3 is 0 Å². The lowest BCUT2D eigenvalue weighted by molar-refractivity contribution is 0.140. The van der Waals surface area contributed by atoms with E-state index in [2.05, 4.69) is 4.84 Å². The number of hydrogen-bond donors (Lipinski definition) is 2. The van der Waals surface area contributed by atoms with E-state index in [1.807, 2.05) is 6.92 Å². The number of rotatable bonds is 4. The molecule has 0 heterocycles. The zero-order valence-electron chi connectivity index (χ0n) is 8.71. The van der Waals surface area contributed by atoms with Gasteiger partial charge in [-0.15, -0.1) is 0 Å². The molecule has 0 saturated heterocycles. The third-order valence-electron chi connectivity index (χ3n) is 2.26. The largest absolute Gasteiger partial charge is 0.504 e. The Hall–Kier alpha value is -0.970. The first-order chi connectivity index (χ1) is 7.11. The highest BCUT2D eigenvalue weighted by Crippen LogP contribution is 2.37. The summed E-state index contributed by atoms with van der Waals surface area (Å²) in [5.74, 6) is 5.41. The van der Waals surface area contributed by atoms with Crippen LogP contribution in [0.3, 0.4) is 0 Å². The molecule has 0 aliphatic rings. The van der Waals surface area contributed by atoms with E-state index in [-0.39, 0.29) is 5.75 Å². The lowest BCUT2D eigenvalue weighted by Crippen LogP contribution is -2.06. The molecule has 0 saturated carbocycles. The predicted octanol–water partition coefficient (Wildman–Crippen LogP) is 1.80. The van der Waals surface area contributed by atoms with Gasteiger partial charge in [-0.05, 0) is 12.5 Å². The maximum absolute atomic E-state index is 9.61. The van der Waals surface area contributed by atoms with Crippen molar-refractivity contribution in [2.24, 2.45) is 5.90 Å². The molecule has 0 fully saturated rings. The highest BCUT2D eigenvalue weighted by Gasteiger charge is 2.14. The average Bonchev–Trinajstić information content (AvgIpc) is 2.21. The van der Waals surface area contributed by atoms with Crippen LogP contribution in [0.4, 0.5) is 0 Å². The second-order valence-corrected chi connectivity index (χ2v) is 3.54. The maximum Gasteiger partial charge on any atom is 0.164 e.